The molecule has 0 aliphatic carbocycles. The summed E-state index contributed by atoms with van der Waals surface area (Å²) in [4.78, 5) is 0. The van der Waals surface area contributed by atoms with E-state index in [-0.39, 0.29) is 0 Å². The van der Waals surface area contributed by atoms with Gasteiger partial charge in [0.2, 0.25) is 0 Å². The van der Waals surface area contributed by atoms with Gasteiger partial charge in [-0.05, 0) is 31.7 Å². The summed E-state index contributed by atoms with van der Waals surface area (Å²) in [6.45, 7) is 8.82. The van der Waals surface area contributed by atoms with Crippen LogP contribution in [0.15, 0.2) is 24.4 Å². The summed E-state index contributed by atoms with van der Waals surface area (Å²) in [5.74, 6) is 0.583. The zero-order valence-electron chi connectivity index (χ0n) is 10.6. The Morgan fingerprint density at radius 3 is 2.62 bits per heavy atom. The van der Waals surface area contributed by atoms with Crippen LogP contribution in [0.2, 0.25) is 0 Å². The van der Waals surface area contributed by atoms with E-state index in [0.717, 1.165) is 6.42 Å². The molecule has 0 spiro atoms. The Bertz CT molecular complexity index is 482. The molecule has 0 radical (unpaired) electrons. The van der Waals surface area contributed by atoms with Crippen molar-refractivity contribution in [3.63, 3.8) is 0 Å². The van der Waals surface area contributed by atoms with E-state index in [0.29, 0.717) is 12.0 Å². The topological polar surface area (TPSA) is 17.8 Å². The lowest BCUT2D eigenvalue weighted by Crippen LogP contribution is -2.01. The Labute approximate surface area is 97.3 Å². The van der Waals surface area contributed by atoms with Gasteiger partial charge >= 0.3 is 0 Å². The molecule has 0 aliphatic heterocycles. The fourth-order valence-corrected chi connectivity index (χ4v) is 1.97. The Hall–Kier alpha value is -1.31. The van der Waals surface area contributed by atoms with Crippen molar-refractivity contribution in [3.05, 3.63) is 30.0 Å². The molecule has 2 aromatic rings. The first-order valence-electron chi connectivity index (χ1n) is 6.11. The summed E-state index contributed by atoms with van der Waals surface area (Å²) in [5.41, 5.74) is 2.55. The molecule has 2 nitrogen and oxygen atoms in total. The van der Waals surface area contributed by atoms with Gasteiger partial charge in [-0.3, -0.25) is 4.68 Å². The Morgan fingerprint density at radius 2 is 2.00 bits per heavy atom. The van der Waals surface area contributed by atoms with Crippen LogP contribution in [-0.4, -0.2) is 9.78 Å². The number of hydrogen-bond acceptors (Lipinski definition) is 1. The highest BCUT2D eigenvalue weighted by Gasteiger charge is 2.11. The molecule has 2 heteroatoms. The Morgan fingerprint density at radius 1 is 1.25 bits per heavy atom. The minimum Gasteiger partial charge on any atom is -0.269 e. The first-order valence-corrected chi connectivity index (χ1v) is 6.11. The molecule has 1 heterocycles. The van der Waals surface area contributed by atoms with Crippen LogP contribution in [0, 0.1) is 0 Å². The van der Waals surface area contributed by atoms with Gasteiger partial charge in [0.15, 0.2) is 0 Å². The Kier molecular flexibility index (Phi) is 2.99. The number of hydrogen-bond donors (Lipinski definition) is 0. The van der Waals surface area contributed by atoms with Crippen molar-refractivity contribution in [2.45, 2.75) is 46.1 Å². The summed E-state index contributed by atoms with van der Waals surface area (Å²) < 4.78 is 2.05. The SMILES string of the molecule is CCC(C)c1cccc2cn(C(C)C)nc12. The van der Waals surface area contributed by atoms with Crippen molar-refractivity contribution in [2.75, 3.05) is 0 Å². The molecule has 0 bridgehead atoms. The van der Waals surface area contributed by atoms with Gasteiger partial charge in [0.05, 0.1) is 5.52 Å². The van der Waals surface area contributed by atoms with E-state index in [9.17, 15) is 0 Å². The average molecular weight is 216 g/mol. The lowest BCUT2D eigenvalue weighted by molar-refractivity contribution is 0.536. The van der Waals surface area contributed by atoms with E-state index in [1.807, 2.05) is 0 Å². The molecule has 16 heavy (non-hydrogen) atoms. The molecule has 1 aromatic carbocycles. The standard InChI is InChI=1S/C14H20N2/c1-5-11(4)13-8-6-7-12-9-16(10(2)3)15-14(12)13/h6-11H,5H2,1-4H3. The molecule has 86 valence electrons. The fraction of sp³-hybridized carbons (Fsp3) is 0.500. The molecule has 1 aromatic heterocycles. The molecule has 0 fully saturated rings. The molecule has 1 unspecified atom stereocenters. The van der Waals surface area contributed by atoms with Crippen LogP contribution in [0.25, 0.3) is 10.9 Å². The highest BCUT2D eigenvalue weighted by Crippen LogP contribution is 2.27. The van der Waals surface area contributed by atoms with Crippen LogP contribution in [0.4, 0.5) is 0 Å². The zero-order valence-corrected chi connectivity index (χ0v) is 10.6. The van der Waals surface area contributed by atoms with E-state index in [1.54, 1.807) is 0 Å². The maximum Gasteiger partial charge on any atom is 0.0958 e. The summed E-state index contributed by atoms with van der Waals surface area (Å²) in [6, 6.07) is 6.91. The van der Waals surface area contributed by atoms with Crippen molar-refractivity contribution >= 4 is 10.9 Å². The second kappa shape index (κ2) is 4.28. The highest BCUT2D eigenvalue weighted by molar-refractivity contribution is 5.81. The van der Waals surface area contributed by atoms with Crippen LogP contribution >= 0.6 is 0 Å². The third-order valence-electron chi connectivity index (χ3n) is 3.26. The number of fused-ring (bicyclic) bond motifs is 1. The van der Waals surface area contributed by atoms with E-state index in [1.165, 1.54) is 16.5 Å². The summed E-state index contributed by atoms with van der Waals surface area (Å²) in [7, 11) is 0. The van der Waals surface area contributed by atoms with Crippen LogP contribution in [0.1, 0.15) is 51.6 Å². The smallest absolute Gasteiger partial charge is 0.0958 e. The summed E-state index contributed by atoms with van der Waals surface area (Å²) >= 11 is 0. The minimum absolute atomic E-state index is 0.428. The van der Waals surface area contributed by atoms with Gasteiger partial charge < -0.3 is 0 Å². The highest BCUT2D eigenvalue weighted by atomic mass is 15.3. The van der Waals surface area contributed by atoms with E-state index < -0.39 is 0 Å². The maximum atomic E-state index is 4.70. The molecule has 0 saturated heterocycles. The summed E-state index contributed by atoms with van der Waals surface area (Å²) in [6.07, 6.45) is 3.31. The van der Waals surface area contributed by atoms with Gasteiger partial charge in [0.1, 0.15) is 0 Å². The lowest BCUT2D eigenvalue weighted by atomic mass is 9.97. The van der Waals surface area contributed by atoms with E-state index in [4.69, 9.17) is 5.10 Å². The van der Waals surface area contributed by atoms with Crippen molar-refractivity contribution in [2.24, 2.45) is 0 Å². The molecule has 0 N–H and O–H groups in total. The van der Waals surface area contributed by atoms with Gasteiger partial charge in [-0.1, -0.05) is 32.0 Å². The van der Waals surface area contributed by atoms with Crippen LogP contribution in [0.5, 0.6) is 0 Å². The number of rotatable bonds is 3. The predicted molar refractivity (Wildman–Crippen MR) is 68.8 cm³/mol. The number of aromatic nitrogens is 2. The number of nitrogens with zero attached hydrogens (tertiary/aromatic N) is 2. The van der Waals surface area contributed by atoms with Crippen LogP contribution in [-0.2, 0) is 0 Å². The Balaban J connectivity index is 2.58. The molecular formula is C14H20N2. The normalized spacial score (nSPS) is 13.6. The first kappa shape index (κ1) is 11.2. The van der Waals surface area contributed by atoms with Crippen molar-refractivity contribution < 1.29 is 0 Å². The van der Waals surface area contributed by atoms with Gasteiger partial charge in [-0.15, -0.1) is 0 Å². The first-order chi connectivity index (χ1) is 7.63. The van der Waals surface area contributed by atoms with Crippen molar-refractivity contribution in [1.29, 1.82) is 0 Å². The van der Waals surface area contributed by atoms with E-state index >= 15 is 0 Å². The second-order valence-electron chi connectivity index (χ2n) is 4.80. The molecule has 2 rings (SSSR count). The van der Waals surface area contributed by atoms with Crippen molar-refractivity contribution in [3.8, 4) is 0 Å². The monoisotopic (exact) mass is 216 g/mol. The molecular weight excluding hydrogens is 196 g/mol. The molecule has 0 aliphatic rings. The summed E-state index contributed by atoms with van der Waals surface area (Å²) in [5, 5.41) is 5.95. The van der Waals surface area contributed by atoms with Crippen LogP contribution in [0.3, 0.4) is 0 Å². The largest absolute Gasteiger partial charge is 0.269 e. The average Bonchev–Trinajstić information content (AvgIpc) is 2.71. The number of benzene rings is 1. The predicted octanol–water partition coefficient (Wildman–Crippen LogP) is 4.13. The van der Waals surface area contributed by atoms with Gasteiger partial charge in [-0.2, -0.15) is 5.10 Å². The maximum absolute atomic E-state index is 4.70. The zero-order chi connectivity index (χ0) is 11.7. The quantitative estimate of drug-likeness (QED) is 0.754. The lowest BCUT2D eigenvalue weighted by Gasteiger charge is -2.09. The minimum atomic E-state index is 0.428. The van der Waals surface area contributed by atoms with Gasteiger partial charge in [0.25, 0.3) is 0 Å². The van der Waals surface area contributed by atoms with Gasteiger partial charge in [-0.25, -0.2) is 0 Å². The van der Waals surface area contributed by atoms with E-state index in [2.05, 4.69) is 56.8 Å². The van der Waals surface area contributed by atoms with Gasteiger partial charge in [0, 0.05) is 17.6 Å². The van der Waals surface area contributed by atoms with Crippen molar-refractivity contribution in [1.82, 2.24) is 9.78 Å². The third kappa shape index (κ3) is 1.84. The molecule has 1 atom stereocenters. The second-order valence-corrected chi connectivity index (χ2v) is 4.80. The molecule has 0 amide bonds. The fourth-order valence-electron chi connectivity index (χ4n) is 1.97. The van der Waals surface area contributed by atoms with Crippen LogP contribution < -0.4 is 0 Å². The third-order valence-corrected chi connectivity index (χ3v) is 3.26. The molecule has 0 saturated carbocycles.